The van der Waals surface area contributed by atoms with Crippen LogP contribution in [0, 0.1) is 12.7 Å². The van der Waals surface area contributed by atoms with Gasteiger partial charge in [0.2, 0.25) is 0 Å². The Labute approximate surface area is 247 Å². The number of amides is 1. The van der Waals surface area contributed by atoms with Gasteiger partial charge in [0.25, 0.3) is 0 Å². The molecule has 3 aliphatic rings. The molecule has 3 saturated heterocycles. The Morgan fingerprint density at radius 3 is 2.41 bits per heavy atom. The van der Waals surface area contributed by atoms with Crippen molar-refractivity contribution in [2.45, 2.75) is 102 Å². The molecule has 4 heterocycles. The Morgan fingerprint density at radius 1 is 1.07 bits per heavy atom. The number of likely N-dealkylation sites (tertiary alicyclic amines) is 1. The summed E-state index contributed by atoms with van der Waals surface area (Å²) in [5, 5.41) is 0.428. The van der Waals surface area contributed by atoms with Crippen LogP contribution in [-0.2, 0) is 10.2 Å². The van der Waals surface area contributed by atoms with E-state index >= 15 is 0 Å². The van der Waals surface area contributed by atoms with Crippen molar-refractivity contribution in [3.63, 3.8) is 0 Å². The number of halogens is 2. The number of hydrogen-bond acceptors (Lipinski definition) is 4. The molecule has 2 aromatic carbocycles. The van der Waals surface area contributed by atoms with Crippen LogP contribution in [0.5, 0.6) is 0 Å². The molecular weight excluding hydrogens is 539 g/mol. The minimum atomic E-state index is -0.533. The summed E-state index contributed by atoms with van der Waals surface area (Å²) in [5.74, 6) is 0.799. The first-order chi connectivity index (χ1) is 19.5. The van der Waals surface area contributed by atoms with Crippen LogP contribution in [0.4, 0.5) is 9.18 Å². The predicted molar refractivity (Wildman–Crippen MR) is 161 cm³/mol. The number of hydrogen-bond donors (Lipinski definition) is 0. The van der Waals surface area contributed by atoms with Crippen LogP contribution < -0.4 is 0 Å². The number of nitrogens with zero attached hydrogens (tertiary/aromatic N) is 4. The molecule has 0 saturated carbocycles. The van der Waals surface area contributed by atoms with E-state index < -0.39 is 5.60 Å². The summed E-state index contributed by atoms with van der Waals surface area (Å²) < 4.78 is 22.7. The standard InChI is InChI=1S/C33H42ClFN4O2/c1-22-36-29-7-5-6-8-30(29)39(22)28-20-26-9-10-27(21-28)38(26)16-13-33(23-17-24(34)19-25(35)18-23)11-14-37(15-12-33)31(40)41-32(2,3)4/h5-8,17-19,26-28H,9-16,20-21H2,1-4H3. The van der Waals surface area contributed by atoms with E-state index in [1.807, 2.05) is 26.8 Å². The number of fused-ring (bicyclic) bond motifs is 3. The lowest BCUT2D eigenvalue weighted by Gasteiger charge is -2.45. The van der Waals surface area contributed by atoms with Gasteiger partial charge in [0.15, 0.2) is 0 Å². The van der Waals surface area contributed by atoms with Gasteiger partial charge >= 0.3 is 6.09 Å². The van der Waals surface area contributed by atoms with Gasteiger partial charge < -0.3 is 14.2 Å². The summed E-state index contributed by atoms with van der Waals surface area (Å²) in [6, 6.07) is 15.0. The van der Waals surface area contributed by atoms with Gasteiger partial charge in [-0.2, -0.15) is 0 Å². The molecule has 3 aliphatic heterocycles. The van der Waals surface area contributed by atoms with Crippen molar-refractivity contribution in [3.05, 3.63) is 64.7 Å². The number of aromatic nitrogens is 2. The van der Waals surface area contributed by atoms with E-state index in [1.54, 1.807) is 11.0 Å². The maximum atomic E-state index is 14.6. The third kappa shape index (κ3) is 5.72. The molecule has 41 heavy (non-hydrogen) atoms. The zero-order valence-corrected chi connectivity index (χ0v) is 25.5. The highest BCUT2D eigenvalue weighted by Gasteiger charge is 2.44. The van der Waals surface area contributed by atoms with E-state index in [0.717, 1.165) is 55.6 Å². The van der Waals surface area contributed by atoms with Gasteiger partial charge in [0, 0.05) is 41.7 Å². The van der Waals surface area contributed by atoms with Gasteiger partial charge in [0.1, 0.15) is 17.2 Å². The van der Waals surface area contributed by atoms with Crippen molar-refractivity contribution in [1.82, 2.24) is 19.4 Å². The van der Waals surface area contributed by atoms with Crippen molar-refractivity contribution in [2.24, 2.45) is 0 Å². The SMILES string of the molecule is Cc1nc2ccccc2n1C1CC2CCC(C1)N2CCC1(c2cc(F)cc(Cl)c2)CCN(C(=O)OC(C)(C)C)CC1. The second-order valence-corrected chi connectivity index (χ2v) is 13.9. The maximum Gasteiger partial charge on any atom is 0.410 e. The number of rotatable bonds is 5. The van der Waals surface area contributed by atoms with E-state index in [4.69, 9.17) is 21.3 Å². The third-order valence-electron chi connectivity index (χ3n) is 9.69. The molecule has 1 amide bonds. The molecule has 220 valence electrons. The lowest BCUT2D eigenvalue weighted by atomic mass is 9.70. The second kappa shape index (κ2) is 10.9. The highest BCUT2D eigenvalue weighted by Crippen LogP contribution is 2.45. The highest BCUT2D eigenvalue weighted by molar-refractivity contribution is 6.30. The Kier molecular flexibility index (Phi) is 7.56. The lowest BCUT2D eigenvalue weighted by Crippen LogP contribution is -2.49. The first kappa shape index (κ1) is 28.5. The first-order valence-electron chi connectivity index (χ1n) is 15.2. The summed E-state index contributed by atoms with van der Waals surface area (Å²) in [6.07, 6.45) is 6.86. The van der Waals surface area contributed by atoms with E-state index in [-0.39, 0.29) is 17.3 Å². The molecule has 0 radical (unpaired) electrons. The maximum absolute atomic E-state index is 14.6. The zero-order valence-electron chi connectivity index (χ0n) is 24.7. The second-order valence-electron chi connectivity index (χ2n) is 13.4. The minimum absolute atomic E-state index is 0.238. The van der Waals surface area contributed by atoms with Crippen molar-refractivity contribution in [2.75, 3.05) is 19.6 Å². The van der Waals surface area contributed by atoms with Crippen LogP contribution >= 0.6 is 11.6 Å². The van der Waals surface area contributed by atoms with Crippen LogP contribution in [0.3, 0.4) is 0 Å². The minimum Gasteiger partial charge on any atom is -0.444 e. The molecule has 3 fully saturated rings. The number of carbonyl (C=O) groups excluding carboxylic acids is 1. The van der Waals surface area contributed by atoms with E-state index in [9.17, 15) is 9.18 Å². The predicted octanol–water partition coefficient (Wildman–Crippen LogP) is 7.66. The number of imidazole rings is 1. The van der Waals surface area contributed by atoms with Gasteiger partial charge in [-0.15, -0.1) is 0 Å². The Morgan fingerprint density at radius 2 is 1.76 bits per heavy atom. The molecule has 2 bridgehead atoms. The van der Waals surface area contributed by atoms with Crippen molar-refractivity contribution < 1.29 is 13.9 Å². The number of para-hydroxylation sites is 2. The summed E-state index contributed by atoms with van der Waals surface area (Å²) in [7, 11) is 0. The van der Waals surface area contributed by atoms with Crippen LogP contribution in [0.15, 0.2) is 42.5 Å². The van der Waals surface area contributed by atoms with E-state index in [1.165, 1.54) is 24.4 Å². The monoisotopic (exact) mass is 580 g/mol. The molecule has 2 unspecified atom stereocenters. The lowest BCUT2D eigenvalue weighted by molar-refractivity contribution is 0.0143. The van der Waals surface area contributed by atoms with Gasteiger partial charge in [-0.05, 0) is 115 Å². The average molecular weight is 581 g/mol. The van der Waals surface area contributed by atoms with Gasteiger partial charge in [0.05, 0.1) is 11.0 Å². The number of aryl methyl sites for hydroxylation is 1. The zero-order chi connectivity index (χ0) is 28.9. The number of ether oxygens (including phenoxy) is 1. The molecular formula is C33H42ClFN4O2. The molecule has 0 N–H and O–H groups in total. The first-order valence-corrected chi connectivity index (χ1v) is 15.5. The molecule has 0 spiro atoms. The molecule has 8 heteroatoms. The van der Waals surface area contributed by atoms with Crippen molar-refractivity contribution >= 4 is 28.7 Å². The molecule has 2 atom stereocenters. The summed E-state index contributed by atoms with van der Waals surface area (Å²) in [5.41, 5.74) is 2.50. The number of carbonyl (C=O) groups is 1. The number of piperidine rings is 2. The molecule has 6 rings (SSSR count). The van der Waals surface area contributed by atoms with E-state index in [2.05, 4.69) is 40.7 Å². The molecule has 3 aromatic rings. The smallest absolute Gasteiger partial charge is 0.410 e. The number of benzene rings is 2. The topological polar surface area (TPSA) is 50.6 Å². The molecule has 0 aliphatic carbocycles. The van der Waals surface area contributed by atoms with Gasteiger partial charge in [-0.25, -0.2) is 14.2 Å². The fraction of sp³-hybridized carbons (Fsp3) is 0.576. The van der Waals surface area contributed by atoms with Gasteiger partial charge in [-0.1, -0.05) is 23.7 Å². The largest absolute Gasteiger partial charge is 0.444 e. The Balaban J connectivity index is 1.19. The third-order valence-corrected chi connectivity index (χ3v) is 9.91. The van der Waals surface area contributed by atoms with Gasteiger partial charge in [-0.3, -0.25) is 4.90 Å². The molecule has 1 aromatic heterocycles. The normalized spacial score (nSPS) is 24.6. The van der Waals surface area contributed by atoms with Crippen molar-refractivity contribution in [3.8, 4) is 0 Å². The Hall–Kier alpha value is -2.64. The summed E-state index contributed by atoms with van der Waals surface area (Å²) in [6.45, 7) is 9.94. The van der Waals surface area contributed by atoms with Crippen molar-refractivity contribution in [1.29, 1.82) is 0 Å². The summed E-state index contributed by atoms with van der Waals surface area (Å²) >= 11 is 6.36. The van der Waals surface area contributed by atoms with Crippen LogP contribution in [0.1, 0.15) is 83.1 Å². The fourth-order valence-corrected chi connectivity index (χ4v) is 8.00. The Bertz CT molecular complexity index is 1390. The average Bonchev–Trinajstić information content (AvgIpc) is 3.36. The van der Waals surface area contributed by atoms with E-state index in [0.29, 0.717) is 36.2 Å². The van der Waals surface area contributed by atoms with Crippen LogP contribution in [0.25, 0.3) is 11.0 Å². The fourth-order valence-electron chi connectivity index (χ4n) is 7.78. The van der Waals surface area contributed by atoms with Crippen LogP contribution in [-0.4, -0.2) is 62.8 Å². The quantitative estimate of drug-likeness (QED) is 0.311. The molecule has 6 nitrogen and oxygen atoms in total. The van der Waals surface area contributed by atoms with Crippen LogP contribution in [0.2, 0.25) is 5.02 Å². The summed E-state index contributed by atoms with van der Waals surface area (Å²) in [4.78, 5) is 22.2. The highest BCUT2D eigenvalue weighted by atomic mass is 35.5.